The van der Waals surface area contributed by atoms with Crippen LogP contribution >= 0.6 is 12.4 Å². The van der Waals surface area contributed by atoms with E-state index in [0.717, 1.165) is 12.0 Å². The van der Waals surface area contributed by atoms with Gasteiger partial charge in [0.25, 0.3) is 0 Å². The van der Waals surface area contributed by atoms with Crippen LogP contribution in [-0.4, -0.2) is 35.8 Å². The van der Waals surface area contributed by atoms with E-state index in [9.17, 15) is 14.0 Å². The lowest BCUT2D eigenvalue weighted by atomic mass is 9.83. The van der Waals surface area contributed by atoms with Gasteiger partial charge in [-0.1, -0.05) is 32.9 Å². The highest BCUT2D eigenvalue weighted by molar-refractivity contribution is 6.35. The molecular weight excluding hydrogens is 345 g/mol. The highest BCUT2D eigenvalue weighted by atomic mass is 35.5. The average molecular weight is 372 g/mol. The lowest BCUT2D eigenvalue weighted by Gasteiger charge is -2.24. The molecule has 1 aliphatic heterocycles. The molecule has 1 fully saturated rings. The Morgan fingerprint density at radius 1 is 1.24 bits per heavy atom. The first-order chi connectivity index (χ1) is 11.2. The third-order valence-electron chi connectivity index (χ3n) is 4.21. The van der Waals surface area contributed by atoms with Crippen LogP contribution in [0.4, 0.5) is 4.39 Å². The molecule has 7 heteroatoms. The number of halogens is 2. The molecule has 0 aromatic heterocycles. The number of carbonyl (C=O) groups is 2. The Balaban J connectivity index is 0.00000312. The second-order valence-electron chi connectivity index (χ2n) is 7.71. The molecule has 2 rings (SSSR count). The van der Waals surface area contributed by atoms with Crippen LogP contribution in [0.3, 0.4) is 0 Å². The molecule has 5 nitrogen and oxygen atoms in total. The van der Waals surface area contributed by atoms with Gasteiger partial charge in [-0.05, 0) is 35.4 Å². The zero-order valence-corrected chi connectivity index (χ0v) is 15.7. The van der Waals surface area contributed by atoms with Crippen molar-refractivity contribution in [3.8, 4) is 0 Å². The van der Waals surface area contributed by atoms with E-state index in [1.807, 2.05) is 0 Å². The van der Waals surface area contributed by atoms with E-state index in [1.165, 1.54) is 17.0 Å². The van der Waals surface area contributed by atoms with E-state index in [1.54, 1.807) is 12.1 Å². The topological polar surface area (TPSA) is 75.4 Å². The van der Waals surface area contributed by atoms with Crippen molar-refractivity contribution >= 4 is 24.2 Å². The van der Waals surface area contributed by atoms with Gasteiger partial charge in [-0.3, -0.25) is 9.59 Å². The summed E-state index contributed by atoms with van der Waals surface area (Å²) in [5.41, 5.74) is 7.00. The number of amides is 2. The summed E-state index contributed by atoms with van der Waals surface area (Å²) in [7, 11) is 0. The average Bonchev–Trinajstić information content (AvgIpc) is 2.84. The maximum absolute atomic E-state index is 12.8. The van der Waals surface area contributed by atoms with E-state index in [2.05, 4.69) is 26.1 Å². The molecule has 2 amide bonds. The third-order valence-corrected chi connectivity index (χ3v) is 4.21. The molecule has 1 aromatic carbocycles. The second kappa shape index (κ2) is 8.63. The van der Waals surface area contributed by atoms with Gasteiger partial charge in [-0.2, -0.15) is 0 Å². The molecule has 140 valence electrons. The Labute approximate surface area is 154 Å². The predicted octanol–water partition coefficient (Wildman–Crippen LogP) is 2.09. The van der Waals surface area contributed by atoms with Crippen LogP contribution in [-0.2, 0) is 16.1 Å². The van der Waals surface area contributed by atoms with Gasteiger partial charge < -0.3 is 16.0 Å². The van der Waals surface area contributed by atoms with Crippen LogP contribution in [0.25, 0.3) is 0 Å². The largest absolute Gasteiger partial charge is 0.344 e. The monoisotopic (exact) mass is 371 g/mol. The number of hydrogen-bond donors (Lipinski definition) is 2. The number of rotatable bonds is 3. The zero-order chi connectivity index (χ0) is 17.9. The first-order valence-electron chi connectivity index (χ1n) is 8.23. The summed E-state index contributed by atoms with van der Waals surface area (Å²) in [5.74, 6) is -1.33. The molecule has 25 heavy (non-hydrogen) atoms. The van der Waals surface area contributed by atoms with Crippen LogP contribution in [0.5, 0.6) is 0 Å². The van der Waals surface area contributed by atoms with Gasteiger partial charge >= 0.3 is 11.8 Å². The third kappa shape index (κ3) is 6.29. The van der Waals surface area contributed by atoms with E-state index in [4.69, 9.17) is 5.73 Å². The fourth-order valence-corrected chi connectivity index (χ4v) is 3.07. The number of nitrogens with zero attached hydrogens (tertiary/aromatic N) is 1. The van der Waals surface area contributed by atoms with E-state index in [0.29, 0.717) is 13.1 Å². The molecule has 0 spiro atoms. The van der Waals surface area contributed by atoms with Crippen molar-refractivity contribution in [3.05, 3.63) is 35.6 Å². The molecular formula is C18H27ClFN3O2. The number of nitrogens with one attached hydrogen (secondary N) is 1. The van der Waals surface area contributed by atoms with Gasteiger partial charge in [0.1, 0.15) is 5.82 Å². The summed E-state index contributed by atoms with van der Waals surface area (Å²) in [5, 5.41) is 2.58. The highest BCUT2D eigenvalue weighted by Gasteiger charge is 2.36. The van der Waals surface area contributed by atoms with Crippen molar-refractivity contribution in [2.45, 2.75) is 39.8 Å². The van der Waals surface area contributed by atoms with Gasteiger partial charge in [0.05, 0.1) is 0 Å². The van der Waals surface area contributed by atoms with Crippen LogP contribution in [0.1, 0.15) is 32.8 Å². The summed E-state index contributed by atoms with van der Waals surface area (Å²) in [6.07, 6.45) is 0.912. The minimum absolute atomic E-state index is 0. The quantitative estimate of drug-likeness (QED) is 0.799. The summed E-state index contributed by atoms with van der Waals surface area (Å²) < 4.78 is 12.8. The number of hydrogen-bond acceptors (Lipinski definition) is 3. The Morgan fingerprint density at radius 3 is 2.40 bits per heavy atom. The Hall–Kier alpha value is -1.66. The Morgan fingerprint density at radius 2 is 1.84 bits per heavy atom. The maximum atomic E-state index is 12.8. The minimum atomic E-state index is -0.650. The molecule has 0 saturated carbocycles. The zero-order valence-electron chi connectivity index (χ0n) is 14.9. The van der Waals surface area contributed by atoms with E-state index in [-0.39, 0.29) is 42.1 Å². The van der Waals surface area contributed by atoms with Crippen LogP contribution in [0.2, 0.25) is 0 Å². The van der Waals surface area contributed by atoms with Gasteiger partial charge in [0.2, 0.25) is 0 Å². The van der Waals surface area contributed by atoms with Crippen LogP contribution in [0, 0.1) is 17.2 Å². The smallest absolute Gasteiger partial charge is 0.311 e. The SMILES string of the molecule is CC(C)(C)CC1CN(C(=O)C(=O)NCc2ccc(F)cc2)CC1N.Cl. The second-order valence-corrected chi connectivity index (χ2v) is 7.71. The molecule has 3 N–H and O–H groups in total. The number of carbonyl (C=O) groups excluding carboxylic acids is 2. The summed E-state index contributed by atoms with van der Waals surface area (Å²) in [6.45, 7) is 7.53. The molecule has 0 aliphatic carbocycles. The fraction of sp³-hybridized carbons (Fsp3) is 0.556. The molecule has 1 saturated heterocycles. The van der Waals surface area contributed by atoms with E-state index < -0.39 is 11.8 Å². The van der Waals surface area contributed by atoms with Gasteiger partial charge in [-0.25, -0.2) is 4.39 Å². The highest BCUT2D eigenvalue weighted by Crippen LogP contribution is 2.29. The van der Waals surface area contributed by atoms with Crippen molar-refractivity contribution in [1.82, 2.24) is 10.2 Å². The fourth-order valence-electron chi connectivity index (χ4n) is 3.07. The van der Waals surface area contributed by atoms with Crippen molar-refractivity contribution < 1.29 is 14.0 Å². The van der Waals surface area contributed by atoms with E-state index >= 15 is 0 Å². The first-order valence-corrected chi connectivity index (χ1v) is 8.23. The normalized spacial score (nSPS) is 20.1. The lowest BCUT2D eigenvalue weighted by molar-refractivity contribution is -0.145. The van der Waals surface area contributed by atoms with Gasteiger partial charge in [0.15, 0.2) is 0 Å². The summed E-state index contributed by atoms with van der Waals surface area (Å²) in [6, 6.07) is 5.69. The van der Waals surface area contributed by atoms with Crippen molar-refractivity contribution in [1.29, 1.82) is 0 Å². The van der Waals surface area contributed by atoms with Crippen molar-refractivity contribution in [2.75, 3.05) is 13.1 Å². The van der Waals surface area contributed by atoms with Gasteiger partial charge in [0, 0.05) is 25.7 Å². The molecule has 2 atom stereocenters. The van der Waals surface area contributed by atoms with Crippen molar-refractivity contribution in [2.24, 2.45) is 17.1 Å². The van der Waals surface area contributed by atoms with Crippen LogP contribution < -0.4 is 11.1 Å². The number of nitrogens with two attached hydrogens (primary N) is 1. The minimum Gasteiger partial charge on any atom is -0.344 e. The maximum Gasteiger partial charge on any atom is 0.311 e. The Kier molecular flexibility index (Phi) is 7.38. The summed E-state index contributed by atoms with van der Waals surface area (Å²) in [4.78, 5) is 25.9. The summed E-state index contributed by atoms with van der Waals surface area (Å²) >= 11 is 0. The number of benzene rings is 1. The Bertz CT molecular complexity index is 601. The molecule has 1 aromatic rings. The molecule has 0 bridgehead atoms. The van der Waals surface area contributed by atoms with Gasteiger partial charge in [-0.15, -0.1) is 12.4 Å². The molecule has 0 radical (unpaired) electrons. The number of likely N-dealkylation sites (tertiary alicyclic amines) is 1. The lowest BCUT2D eigenvalue weighted by Crippen LogP contribution is -2.42. The molecule has 2 unspecified atom stereocenters. The molecule has 1 aliphatic rings. The molecule has 1 heterocycles. The standard InChI is InChI=1S/C18H26FN3O2.ClH/c1-18(2,3)8-13-10-22(11-15(13)20)17(24)16(23)21-9-12-4-6-14(19)7-5-12;/h4-7,13,15H,8-11,20H2,1-3H3,(H,21,23);1H. The first kappa shape index (κ1) is 21.4. The predicted molar refractivity (Wildman–Crippen MR) is 97.6 cm³/mol. The van der Waals surface area contributed by atoms with Crippen molar-refractivity contribution in [3.63, 3.8) is 0 Å². The van der Waals surface area contributed by atoms with Crippen LogP contribution in [0.15, 0.2) is 24.3 Å².